The van der Waals surface area contributed by atoms with E-state index in [0.717, 1.165) is 27.0 Å². The van der Waals surface area contributed by atoms with Gasteiger partial charge in [-0.25, -0.2) is 0 Å². The first-order valence-electron chi connectivity index (χ1n) is 8.75. The number of hydrazone groups is 1. The van der Waals surface area contributed by atoms with Crippen molar-refractivity contribution in [3.63, 3.8) is 0 Å². The van der Waals surface area contributed by atoms with Crippen LogP contribution in [0, 0.1) is 10.5 Å². The molecule has 0 atom stereocenters. The van der Waals surface area contributed by atoms with Crippen molar-refractivity contribution in [2.75, 3.05) is 13.2 Å². The lowest BCUT2D eigenvalue weighted by Gasteiger charge is -2.15. The van der Waals surface area contributed by atoms with Crippen LogP contribution in [0.15, 0.2) is 41.5 Å². The highest BCUT2D eigenvalue weighted by atomic mass is 127. The minimum atomic E-state index is 0.490. The number of hydrogen-bond acceptors (Lipinski definition) is 4. The van der Waals surface area contributed by atoms with Crippen molar-refractivity contribution in [3.05, 3.63) is 56.7 Å². The minimum Gasteiger partial charge on any atom is -0.490 e. The topological polar surface area (TPSA) is 54.9 Å². The third-order valence-corrected chi connectivity index (χ3v) is 4.55. The van der Waals surface area contributed by atoms with Gasteiger partial charge in [0.15, 0.2) is 16.6 Å². The molecule has 0 heterocycles. The van der Waals surface area contributed by atoms with E-state index in [4.69, 9.17) is 21.7 Å². The van der Waals surface area contributed by atoms with Gasteiger partial charge in [-0.3, -0.25) is 5.43 Å². The van der Waals surface area contributed by atoms with Crippen LogP contribution in [0.3, 0.4) is 0 Å². The van der Waals surface area contributed by atoms with E-state index in [1.165, 1.54) is 5.56 Å². The van der Waals surface area contributed by atoms with Crippen LogP contribution in [-0.2, 0) is 6.61 Å². The quantitative estimate of drug-likeness (QED) is 0.245. The first-order chi connectivity index (χ1) is 13.0. The summed E-state index contributed by atoms with van der Waals surface area (Å²) < 4.78 is 12.8. The third-order valence-electron chi connectivity index (χ3n) is 3.51. The summed E-state index contributed by atoms with van der Waals surface area (Å²) in [7, 11) is 0. The van der Waals surface area contributed by atoms with E-state index in [2.05, 4.69) is 63.6 Å². The Balaban J connectivity index is 2.15. The van der Waals surface area contributed by atoms with Crippen molar-refractivity contribution < 1.29 is 9.47 Å². The molecule has 0 fully saturated rings. The molecule has 144 valence electrons. The van der Waals surface area contributed by atoms with E-state index in [0.29, 0.717) is 24.1 Å². The molecule has 0 aliphatic heterocycles. The monoisotopic (exact) mass is 497 g/mol. The molecule has 0 radical (unpaired) electrons. The maximum Gasteiger partial charge on any atom is 0.186 e. The van der Waals surface area contributed by atoms with Crippen molar-refractivity contribution in [1.82, 2.24) is 10.7 Å². The SMILES string of the molecule is CCNC(=S)NN=Cc1cc(I)c(OCc2cccc(C)c2)c(OCC)c1. The van der Waals surface area contributed by atoms with Gasteiger partial charge in [0.05, 0.1) is 16.4 Å². The highest BCUT2D eigenvalue weighted by Crippen LogP contribution is 2.34. The third kappa shape index (κ3) is 6.99. The molecule has 2 aromatic rings. The molecule has 0 saturated carbocycles. The Hall–Kier alpha value is -1.87. The Kier molecular flexibility index (Phi) is 8.80. The standard InChI is InChI=1S/C20H24IN3O2S/c1-4-22-20(27)24-23-12-16-10-17(21)19(18(11-16)25-5-2)26-13-15-8-6-7-14(3)9-15/h6-12H,4-5,13H2,1-3H3,(H2,22,24,27). The Morgan fingerprint density at radius 3 is 2.74 bits per heavy atom. The van der Waals surface area contributed by atoms with Gasteiger partial charge in [-0.15, -0.1) is 0 Å². The number of nitrogens with zero attached hydrogens (tertiary/aromatic N) is 1. The molecule has 0 aromatic heterocycles. The van der Waals surface area contributed by atoms with Crippen molar-refractivity contribution >= 4 is 46.1 Å². The summed E-state index contributed by atoms with van der Waals surface area (Å²) in [6, 6.07) is 12.2. The van der Waals surface area contributed by atoms with Crippen molar-refractivity contribution in [3.8, 4) is 11.5 Å². The van der Waals surface area contributed by atoms with Crippen LogP contribution in [0.2, 0.25) is 0 Å². The number of ether oxygens (including phenoxy) is 2. The number of thiocarbonyl (C=S) groups is 1. The normalized spacial score (nSPS) is 10.7. The molecule has 5 nitrogen and oxygen atoms in total. The average Bonchev–Trinajstić information content (AvgIpc) is 2.61. The van der Waals surface area contributed by atoms with Crippen LogP contribution in [0.5, 0.6) is 11.5 Å². The molecular formula is C20H24IN3O2S. The maximum absolute atomic E-state index is 6.07. The largest absolute Gasteiger partial charge is 0.490 e. The summed E-state index contributed by atoms with van der Waals surface area (Å²) in [5.74, 6) is 1.44. The molecule has 2 aromatic carbocycles. The van der Waals surface area contributed by atoms with Gasteiger partial charge < -0.3 is 14.8 Å². The molecule has 0 aliphatic carbocycles. The van der Waals surface area contributed by atoms with Crippen LogP contribution in [0.1, 0.15) is 30.5 Å². The zero-order chi connectivity index (χ0) is 19.6. The smallest absolute Gasteiger partial charge is 0.186 e. The maximum atomic E-state index is 6.07. The second-order valence-corrected chi connectivity index (χ2v) is 7.34. The van der Waals surface area contributed by atoms with E-state index in [1.54, 1.807) is 6.21 Å². The molecule has 2 N–H and O–H groups in total. The van der Waals surface area contributed by atoms with Crippen LogP contribution in [0.4, 0.5) is 0 Å². The fraction of sp³-hybridized carbons (Fsp3) is 0.300. The van der Waals surface area contributed by atoms with Crippen LogP contribution < -0.4 is 20.2 Å². The van der Waals surface area contributed by atoms with Gasteiger partial charge in [-0.05, 0) is 78.8 Å². The second-order valence-electron chi connectivity index (χ2n) is 5.77. The summed E-state index contributed by atoms with van der Waals surface area (Å²) in [6.07, 6.45) is 1.71. The Morgan fingerprint density at radius 2 is 2.04 bits per heavy atom. The predicted molar refractivity (Wildman–Crippen MR) is 123 cm³/mol. The molecule has 27 heavy (non-hydrogen) atoms. The second kappa shape index (κ2) is 11.1. The molecule has 0 saturated heterocycles. The molecule has 0 amide bonds. The van der Waals surface area contributed by atoms with Gasteiger partial charge in [0.2, 0.25) is 0 Å². The summed E-state index contributed by atoms with van der Waals surface area (Å²) in [5, 5.41) is 7.63. The van der Waals surface area contributed by atoms with Gasteiger partial charge in [0.25, 0.3) is 0 Å². The van der Waals surface area contributed by atoms with Crippen molar-refractivity contribution in [1.29, 1.82) is 0 Å². The molecule has 0 aliphatic rings. The van der Waals surface area contributed by atoms with Crippen molar-refractivity contribution in [2.45, 2.75) is 27.4 Å². The van der Waals surface area contributed by atoms with Crippen LogP contribution in [-0.4, -0.2) is 24.5 Å². The zero-order valence-corrected chi connectivity index (χ0v) is 18.7. The van der Waals surface area contributed by atoms with E-state index >= 15 is 0 Å². The van der Waals surface area contributed by atoms with Gasteiger partial charge >= 0.3 is 0 Å². The fourth-order valence-electron chi connectivity index (χ4n) is 2.39. The first kappa shape index (κ1) is 21.4. The molecule has 7 heteroatoms. The van der Waals surface area contributed by atoms with Gasteiger partial charge in [0.1, 0.15) is 6.61 Å². The van der Waals surface area contributed by atoms with Crippen molar-refractivity contribution in [2.24, 2.45) is 5.10 Å². The van der Waals surface area contributed by atoms with Gasteiger partial charge in [-0.1, -0.05) is 29.8 Å². The molecule has 0 spiro atoms. The Labute approximate surface area is 179 Å². The lowest BCUT2D eigenvalue weighted by atomic mass is 10.1. The van der Waals surface area contributed by atoms with Gasteiger partial charge in [0, 0.05) is 6.54 Å². The molecular weight excluding hydrogens is 473 g/mol. The van der Waals surface area contributed by atoms with E-state index in [9.17, 15) is 0 Å². The van der Waals surface area contributed by atoms with E-state index in [-0.39, 0.29) is 0 Å². The number of halogens is 1. The molecule has 0 bridgehead atoms. The fourth-order valence-corrected chi connectivity index (χ4v) is 3.37. The first-order valence-corrected chi connectivity index (χ1v) is 10.2. The van der Waals surface area contributed by atoms with Gasteiger partial charge in [-0.2, -0.15) is 5.10 Å². The number of hydrogen-bond donors (Lipinski definition) is 2. The Bertz CT molecular complexity index is 812. The number of benzene rings is 2. The highest BCUT2D eigenvalue weighted by molar-refractivity contribution is 14.1. The predicted octanol–water partition coefficient (Wildman–Crippen LogP) is 4.40. The lowest BCUT2D eigenvalue weighted by molar-refractivity contribution is 0.267. The van der Waals surface area contributed by atoms with E-state index < -0.39 is 0 Å². The van der Waals surface area contributed by atoms with Crippen LogP contribution in [0.25, 0.3) is 0 Å². The summed E-state index contributed by atoms with van der Waals surface area (Å²) >= 11 is 7.34. The Morgan fingerprint density at radius 1 is 1.22 bits per heavy atom. The summed E-state index contributed by atoms with van der Waals surface area (Å²) in [4.78, 5) is 0. The average molecular weight is 497 g/mol. The number of aryl methyl sites for hydroxylation is 1. The summed E-state index contributed by atoms with van der Waals surface area (Å²) in [5.41, 5.74) is 6.02. The minimum absolute atomic E-state index is 0.490. The lowest BCUT2D eigenvalue weighted by Crippen LogP contribution is -2.31. The highest BCUT2D eigenvalue weighted by Gasteiger charge is 2.12. The molecule has 0 unspecified atom stereocenters. The summed E-state index contributed by atoms with van der Waals surface area (Å²) in [6.45, 7) is 7.80. The zero-order valence-electron chi connectivity index (χ0n) is 15.7. The van der Waals surface area contributed by atoms with Crippen LogP contribution >= 0.6 is 34.8 Å². The number of rotatable bonds is 8. The van der Waals surface area contributed by atoms with E-state index in [1.807, 2.05) is 32.0 Å². The molecule has 2 rings (SSSR count). The number of nitrogens with one attached hydrogen (secondary N) is 2.